The second kappa shape index (κ2) is 14.0. The molecule has 0 saturated heterocycles. The Hall–Kier alpha value is -0.870. The fraction of sp³-hybridized carbons (Fsp3) is 0.909. The number of esters is 1. The number of hydrogen-bond acceptors (Lipinski definition) is 4. The second-order valence-electron chi connectivity index (χ2n) is 13.7. The minimum Gasteiger partial charge on any atom is -0.457 e. The van der Waals surface area contributed by atoms with E-state index in [1.165, 1.54) is 103 Å². The summed E-state index contributed by atoms with van der Waals surface area (Å²) in [5.74, 6) is 3.37. The molecule has 4 aliphatic carbocycles. The largest absolute Gasteiger partial charge is 0.457 e. The monoisotopic (exact) mass is 515 g/mol. The summed E-state index contributed by atoms with van der Waals surface area (Å²) < 4.78 is 11.5. The first-order valence-electron chi connectivity index (χ1n) is 16.1. The average molecular weight is 516 g/mol. The third kappa shape index (κ3) is 8.31. The molecule has 4 fully saturated rings. The van der Waals surface area contributed by atoms with Crippen molar-refractivity contribution in [3.63, 3.8) is 0 Å². The van der Waals surface area contributed by atoms with Crippen molar-refractivity contribution >= 4 is 5.97 Å². The molecule has 212 valence electrons. The summed E-state index contributed by atoms with van der Waals surface area (Å²) in [4.78, 5) is 14.8. The molecule has 4 saturated carbocycles. The number of ether oxygens (including phenoxy) is 2. The zero-order valence-electron chi connectivity index (χ0n) is 24.6. The van der Waals surface area contributed by atoms with Gasteiger partial charge in [0.15, 0.2) is 0 Å². The first kappa shape index (κ1) is 29.1. The molecule has 0 aromatic heterocycles. The van der Waals surface area contributed by atoms with Crippen LogP contribution in [0.4, 0.5) is 0 Å². The molecule has 0 amide bonds. The molecule has 4 nitrogen and oxygen atoms in total. The molecule has 1 atom stereocenters. The van der Waals surface area contributed by atoms with E-state index in [4.69, 9.17) is 9.47 Å². The minimum atomic E-state index is -0.315. The molecule has 0 N–H and O–H groups in total. The summed E-state index contributed by atoms with van der Waals surface area (Å²) in [5, 5.41) is 0. The maximum absolute atomic E-state index is 11.7. The predicted molar refractivity (Wildman–Crippen MR) is 152 cm³/mol. The lowest BCUT2D eigenvalue weighted by Gasteiger charge is -2.50. The van der Waals surface area contributed by atoms with Crippen molar-refractivity contribution in [2.75, 3.05) is 6.61 Å². The molecular formula is C33H57NO3. The molecule has 4 rings (SSSR count). The summed E-state index contributed by atoms with van der Waals surface area (Å²) in [6, 6.07) is 2.57. The highest BCUT2D eigenvalue weighted by molar-refractivity contribution is 5.87. The van der Waals surface area contributed by atoms with Gasteiger partial charge in [0.05, 0.1) is 12.7 Å². The maximum atomic E-state index is 11.7. The Kier molecular flexibility index (Phi) is 11.0. The first-order chi connectivity index (χ1) is 17.8. The van der Waals surface area contributed by atoms with Crippen LogP contribution in [-0.2, 0) is 14.3 Å². The Morgan fingerprint density at radius 2 is 1.14 bits per heavy atom. The van der Waals surface area contributed by atoms with Crippen molar-refractivity contribution in [3.05, 3.63) is 12.2 Å². The minimum absolute atomic E-state index is 0.208. The highest BCUT2D eigenvalue weighted by Crippen LogP contribution is 2.43. The van der Waals surface area contributed by atoms with Crippen LogP contribution in [0.25, 0.3) is 0 Å². The molecule has 0 heterocycles. The van der Waals surface area contributed by atoms with Crippen LogP contribution in [0.2, 0.25) is 0 Å². The van der Waals surface area contributed by atoms with Gasteiger partial charge in [-0.25, -0.2) is 4.79 Å². The fourth-order valence-corrected chi connectivity index (χ4v) is 8.16. The van der Waals surface area contributed by atoms with Gasteiger partial charge in [0.1, 0.15) is 6.10 Å². The van der Waals surface area contributed by atoms with Gasteiger partial charge in [-0.15, -0.1) is 0 Å². The van der Waals surface area contributed by atoms with E-state index < -0.39 is 0 Å². The Labute approximate surface area is 228 Å². The van der Waals surface area contributed by atoms with Gasteiger partial charge in [0.25, 0.3) is 0 Å². The average Bonchev–Trinajstić information content (AvgIpc) is 2.90. The number of carbonyl (C=O) groups is 1. The standard InChI is InChI=1S/C33H57NO3/c1-23(2)33(35)37-26(5)22-36-32-20-12-28(13-21-32)27-10-18-31(19-11-27)34(29-14-6-24(3)7-15-29)30-16-8-25(4)9-17-30/h24-32H,1,6-22H2,2-5H3. The number of rotatable bonds is 9. The van der Waals surface area contributed by atoms with Gasteiger partial charge in [0, 0.05) is 23.7 Å². The Balaban J connectivity index is 1.22. The maximum Gasteiger partial charge on any atom is 0.333 e. The lowest BCUT2D eigenvalue weighted by atomic mass is 9.71. The molecule has 0 radical (unpaired) electrons. The Morgan fingerprint density at radius 1 is 0.730 bits per heavy atom. The molecule has 37 heavy (non-hydrogen) atoms. The van der Waals surface area contributed by atoms with Gasteiger partial charge < -0.3 is 9.47 Å². The van der Waals surface area contributed by atoms with Crippen LogP contribution in [0.5, 0.6) is 0 Å². The van der Waals surface area contributed by atoms with Gasteiger partial charge in [-0.2, -0.15) is 0 Å². The van der Waals surface area contributed by atoms with Crippen LogP contribution in [0.15, 0.2) is 12.2 Å². The molecule has 0 bridgehead atoms. The van der Waals surface area contributed by atoms with E-state index in [0.29, 0.717) is 18.3 Å². The van der Waals surface area contributed by atoms with E-state index in [1.54, 1.807) is 6.92 Å². The van der Waals surface area contributed by atoms with Gasteiger partial charge in [-0.1, -0.05) is 20.4 Å². The van der Waals surface area contributed by atoms with Gasteiger partial charge in [-0.05, 0) is 140 Å². The van der Waals surface area contributed by atoms with E-state index in [1.807, 2.05) is 6.92 Å². The lowest BCUT2D eigenvalue weighted by molar-refractivity contribution is -0.147. The van der Waals surface area contributed by atoms with Gasteiger partial charge >= 0.3 is 5.97 Å². The Bertz CT molecular complexity index is 683. The lowest BCUT2D eigenvalue weighted by Crippen LogP contribution is -2.52. The number of nitrogens with zero attached hydrogens (tertiary/aromatic N) is 1. The van der Waals surface area contributed by atoms with Crippen molar-refractivity contribution in [2.24, 2.45) is 23.7 Å². The quantitative estimate of drug-likeness (QED) is 0.230. The Morgan fingerprint density at radius 3 is 1.57 bits per heavy atom. The van der Waals surface area contributed by atoms with Crippen LogP contribution in [0.3, 0.4) is 0 Å². The highest BCUT2D eigenvalue weighted by Gasteiger charge is 2.39. The highest BCUT2D eigenvalue weighted by atomic mass is 16.6. The van der Waals surface area contributed by atoms with E-state index in [0.717, 1.165) is 41.8 Å². The van der Waals surface area contributed by atoms with Crippen LogP contribution in [0, 0.1) is 23.7 Å². The number of carbonyl (C=O) groups excluding carboxylic acids is 1. The summed E-state index contributed by atoms with van der Waals surface area (Å²) in [6.45, 7) is 12.7. The second-order valence-corrected chi connectivity index (χ2v) is 13.7. The summed E-state index contributed by atoms with van der Waals surface area (Å²) in [7, 11) is 0. The van der Waals surface area contributed by atoms with E-state index >= 15 is 0 Å². The van der Waals surface area contributed by atoms with Crippen LogP contribution >= 0.6 is 0 Å². The number of hydrogen-bond donors (Lipinski definition) is 0. The van der Waals surface area contributed by atoms with Crippen molar-refractivity contribution in [1.29, 1.82) is 0 Å². The topological polar surface area (TPSA) is 38.8 Å². The van der Waals surface area contributed by atoms with Gasteiger partial charge in [-0.3, -0.25) is 4.90 Å². The van der Waals surface area contributed by atoms with E-state index in [-0.39, 0.29) is 12.1 Å². The summed E-state index contributed by atoms with van der Waals surface area (Å²) in [5.41, 5.74) is 0.451. The SMILES string of the molecule is C=C(C)C(=O)OC(C)COC1CCC(C2CCC(N(C3CCC(C)CC3)C3CCC(C)CC3)CC2)CC1. The van der Waals surface area contributed by atoms with Crippen LogP contribution in [0.1, 0.15) is 130 Å². The van der Waals surface area contributed by atoms with Gasteiger partial charge in [0.2, 0.25) is 0 Å². The molecule has 4 heteroatoms. The molecule has 0 aliphatic heterocycles. The zero-order valence-corrected chi connectivity index (χ0v) is 24.6. The summed E-state index contributed by atoms with van der Waals surface area (Å²) >= 11 is 0. The molecule has 4 aliphatic rings. The smallest absolute Gasteiger partial charge is 0.333 e. The van der Waals surface area contributed by atoms with Crippen molar-refractivity contribution in [2.45, 2.75) is 161 Å². The first-order valence-corrected chi connectivity index (χ1v) is 16.1. The zero-order chi connectivity index (χ0) is 26.4. The normalized spacial score (nSPS) is 38.2. The van der Waals surface area contributed by atoms with Crippen molar-refractivity contribution in [3.8, 4) is 0 Å². The fourth-order valence-electron chi connectivity index (χ4n) is 8.16. The predicted octanol–water partition coefficient (Wildman–Crippen LogP) is 8.09. The van der Waals surface area contributed by atoms with E-state index in [2.05, 4.69) is 25.3 Å². The molecular weight excluding hydrogens is 458 g/mol. The van der Waals surface area contributed by atoms with Crippen molar-refractivity contribution < 1.29 is 14.3 Å². The van der Waals surface area contributed by atoms with Crippen LogP contribution < -0.4 is 0 Å². The third-order valence-corrected chi connectivity index (χ3v) is 10.6. The van der Waals surface area contributed by atoms with E-state index in [9.17, 15) is 4.79 Å². The molecule has 0 spiro atoms. The molecule has 0 aromatic carbocycles. The van der Waals surface area contributed by atoms with Crippen molar-refractivity contribution in [1.82, 2.24) is 4.90 Å². The molecule has 0 aromatic rings. The third-order valence-electron chi connectivity index (χ3n) is 10.6. The van der Waals surface area contributed by atoms with Crippen LogP contribution in [-0.4, -0.2) is 47.8 Å². The molecule has 1 unspecified atom stereocenters. The summed E-state index contributed by atoms with van der Waals surface area (Å²) in [6.07, 6.45) is 22.4.